The highest BCUT2D eigenvalue weighted by Crippen LogP contribution is 2.26. The van der Waals surface area contributed by atoms with Crippen LogP contribution in [-0.4, -0.2) is 12.5 Å². The van der Waals surface area contributed by atoms with Gasteiger partial charge in [-0.2, -0.15) is 5.26 Å². The monoisotopic (exact) mass is 180 g/mol. The molecule has 0 aliphatic carbocycles. The molecule has 1 atom stereocenters. The molecule has 0 saturated heterocycles. The summed E-state index contributed by atoms with van der Waals surface area (Å²) in [5.74, 6) is 0. The molecule has 1 unspecified atom stereocenters. The molecule has 2 aliphatic rings. The van der Waals surface area contributed by atoms with E-state index >= 15 is 0 Å². The van der Waals surface area contributed by atoms with Crippen LogP contribution in [0, 0.1) is 11.3 Å². The van der Waals surface area contributed by atoms with Crippen LogP contribution in [-0.2, 0) is 0 Å². The van der Waals surface area contributed by atoms with E-state index in [9.17, 15) is 0 Å². The molecule has 0 bridgehead atoms. The lowest BCUT2D eigenvalue weighted by atomic mass is 10.1. The molecule has 12 heavy (non-hydrogen) atoms. The minimum Gasteiger partial charge on any atom is -0.365 e. The Labute approximate surface area is 74.2 Å². The Morgan fingerprint density at radius 2 is 2.50 bits per heavy atom. The summed E-state index contributed by atoms with van der Waals surface area (Å²) in [6.45, 7) is 0. The van der Waals surface area contributed by atoms with E-state index in [1.807, 2.05) is 6.07 Å². The zero-order valence-electron chi connectivity index (χ0n) is 6.00. The molecule has 5 heteroatoms. The standard InChI is InChI=1S/C7H5ClN4/c8-6-5-4(1-9)2-10-7(5)12-3-11-6/h2-3,7,10H,(H,11,12). The van der Waals surface area contributed by atoms with E-state index in [-0.39, 0.29) is 6.17 Å². The lowest BCUT2D eigenvalue weighted by molar-refractivity contribution is 0.725. The van der Waals surface area contributed by atoms with E-state index in [2.05, 4.69) is 15.6 Å². The highest BCUT2D eigenvalue weighted by Gasteiger charge is 2.27. The van der Waals surface area contributed by atoms with Crippen molar-refractivity contribution in [2.75, 3.05) is 0 Å². The third kappa shape index (κ3) is 0.874. The van der Waals surface area contributed by atoms with Gasteiger partial charge in [0.15, 0.2) is 0 Å². The van der Waals surface area contributed by atoms with Gasteiger partial charge < -0.3 is 10.6 Å². The van der Waals surface area contributed by atoms with E-state index in [4.69, 9.17) is 16.9 Å². The summed E-state index contributed by atoms with van der Waals surface area (Å²) in [4.78, 5) is 4.05. The second-order valence-electron chi connectivity index (χ2n) is 2.39. The number of nitrogens with one attached hydrogen (secondary N) is 2. The van der Waals surface area contributed by atoms with Crippen LogP contribution in [0.25, 0.3) is 0 Å². The zero-order valence-corrected chi connectivity index (χ0v) is 6.76. The molecule has 0 saturated carbocycles. The van der Waals surface area contributed by atoms with Gasteiger partial charge in [0, 0.05) is 6.20 Å². The van der Waals surface area contributed by atoms with Crippen molar-refractivity contribution in [1.82, 2.24) is 10.6 Å². The summed E-state index contributed by atoms with van der Waals surface area (Å²) in [5.41, 5.74) is 1.26. The third-order valence-electron chi connectivity index (χ3n) is 1.72. The summed E-state index contributed by atoms with van der Waals surface area (Å²) >= 11 is 5.84. The van der Waals surface area contributed by atoms with E-state index in [0.717, 1.165) is 5.57 Å². The van der Waals surface area contributed by atoms with Gasteiger partial charge in [-0.1, -0.05) is 11.6 Å². The maximum atomic E-state index is 8.69. The van der Waals surface area contributed by atoms with Gasteiger partial charge in [0.05, 0.1) is 17.5 Å². The number of hydrogen-bond acceptors (Lipinski definition) is 4. The van der Waals surface area contributed by atoms with Gasteiger partial charge in [-0.25, -0.2) is 4.99 Å². The van der Waals surface area contributed by atoms with Crippen molar-refractivity contribution >= 4 is 17.9 Å². The number of aliphatic imine (C=N–C) groups is 1. The molecule has 0 amide bonds. The number of hydrogen-bond donors (Lipinski definition) is 2. The van der Waals surface area contributed by atoms with Crippen molar-refractivity contribution in [1.29, 1.82) is 5.26 Å². The first-order chi connectivity index (χ1) is 5.83. The van der Waals surface area contributed by atoms with Crippen LogP contribution in [0.5, 0.6) is 0 Å². The summed E-state index contributed by atoms with van der Waals surface area (Å²) in [7, 11) is 0. The minimum absolute atomic E-state index is 0.187. The SMILES string of the molecule is N#CC1=CNC2N=CNC(Cl)=C12. The molecule has 0 fully saturated rings. The highest BCUT2D eigenvalue weighted by molar-refractivity contribution is 6.31. The second-order valence-corrected chi connectivity index (χ2v) is 2.77. The first kappa shape index (κ1) is 7.19. The van der Waals surface area contributed by atoms with Crippen molar-refractivity contribution < 1.29 is 0 Å². The van der Waals surface area contributed by atoms with Gasteiger partial charge in [0.25, 0.3) is 0 Å². The molecule has 2 aliphatic heterocycles. The number of halogens is 1. The molecular formula is C7H5ClN4. The lowest BCUT2D eigenvalue weighted by Gasteiger charge is -2.15. The third-order valence-corrected chi connectivity index (χ3v) is 2.03. The lowest BCUT2D eigenvalue weighted by Crippen LogP contribution is -2.27. The number of nitrogens with zero attached hydrogens (tertiary/aromatic N) is 2. The Bertz CT molecular complexity index is 347. The topological polar surface area (TPSA) is 60.2 Å². The average molecular weight is 181 g/mol. The summed E-state index contributed by atoms with van der Waals surface area (Å²) < 4.78 is 0. The van der Waals surface area contributed by atoms with Crippen LogP contribution in [0.15, 0.2) is 27.5 Å². The van der Waals surface area contributed by atoms with Crippen molar-refractivity contribution in [2.45, 2.75) is 6.17 Å². The Kier molecular flexibility index (Phi) is 1.52. The maximum Gasteiger partial charge on any atom is 0.150 e. The quantitative estimate of drug-likeness (QED) is 0.531. The minimum atomic E-state index is -0.187. The first-order valence-corrected chi connectivity index (χ1v) is 3.75. The second kappa shape index (κ2) is 2.54. The van der Waals surface area contributed by atoms with Gasteiger partial charge in [0.1, 0.15) is 17.4 Å². The molecule has 4 nitrogen and oxygen atoms in total. The summed E-state index contributed by atoms with van der Waals surface area (Å²) in [6, 6.07) is 2.04. The number of rotatable bonds is 0. The molecule has 0 radical (unpaired) electrons. The number of fused-ring (bicyclic) bond motifs is 1. The largest absolute Gasteiger partial charge is 0.365 e. The van der Waals surface area contributed by atoms with Gasteiger partial charge >= 0.3 is 0 Å². The molecule has 0 aromatic rings. The average Bonchev–Trinajstić information content (AvgIpc) is 2.49. The molecule has 0 spiro atoms. The molecular weight excluding hydrogens is 176 g/mol. The normalized spacial score (nSPS) is 25.3. The van der Waals surface area contributed by atoms with Crippen molar-refractivity contribution in [2.24, 2.45) is 4.99 Å². The first-order valence-electron chi connectivity index (χ1n) is 3.37. The van der Waals surface area contributed by atoms with Crippen LogP contribution < -0.4 is 10.6 Å². The van der Waals surface area contributed by atoms with Gasteiger partial charge in [-0.15, -0.1) is 0 Å². The fraction of sp³-hybridized carbons (Fsp3) is 0.143. The maximum absolute atomic E-state index is 8.69. The number of nitriles is 1. The van der Waals surface area contributed by atoms with Gasteiger partial charge in [0.2, 0.25) is 0 Å². The Morgan fingerprint density at radius 3 is 3.25 bits per heavy atom. The van der Waals surface area contributed by atoms with Gasteiger partial charge in [-0.3, -0.25) is 0 Å². The smallest absolute Gasteiger partial charge is 0.150 e. The Hall–Kier alpha value is -1.47. The predicted molar refractivity (Wildman–Crippen MR) is 45.1 cm³/mol. The molecule has 0 aromatic carbocycles. The molecule has 60 valence electrons. The Balaban J connectivity index is 2.44. The Morgan fingerprint density at radius 1 is 1.67 bits per heavy atom. The van der Waals surface area contributed by atoms with Gasteiger partial charge in [-0.05, 0) is 0 Å². The van der Waals surface area contributed by atoms with E-state index < -0.39 is 0 Å². The van der Waals surface area contributed by atoms with Crippen LogP contribution in [0.2, 0.25) is 0 Å². The van der Waals surface area contributed by atoms with Crippen molar-refractivity contribution in [3.05, 3.63) is 22.5 Å². The zero-order chi connectivity index (χ0) is 8.55. The molecule has 0 aromatic heterocycles. The summed E-state index contributed by atoms with van der Waals surface area (Å²) in [6.07, 6.45) is 2.94. The van der Waals surface area contributed by atoms with Crippen LogP contribution in [0.1, 0.15) is 0 Å². The molecule has 2 heterocycles. The van der Waals surface area contributed by atoms with Crippen LogP contribution in [0.3, 0.4) is 0 Å². The van der Waals surface area contributed by atoms with E-state index in [0.29, 0.717) is 10.7 Å². The fourth-order valence-corrected chi connectivity index (χ4v) is 1.42. The molecule has 2 rings (SSSR count). The predicted octanol–water partition coefficient (Wildman–Crippen LogP) is 0.405. The fourth-order valence-electron chi connectivity index (χ4n) is 1.17. The van der Waals surface area contributed by atoms with Crippen LogP contribution in [0.4, 0.5) is 0 Å². The van der Waals surface area contributed by atoms with Crippen molar-refractivity contribution in [3.8, 4) is 6.07 Å². The highest BCUT2D eigenvalue weighted by atomic mass is 35.5. The molecule has 2 N–H and O–H groups in total. The van der Waals surface area contributed by atoms with Crippen molar-refractivity contribution in [3.63, 3.8) is 0 Å². The van der Waals surface area contributed by atoms with E-state index in [1.165, 1.54) is 6.34 Å². The van der Waals surface area contributed by atoms with E-state index in [1.54, 1.807) is 6.20 Å². The van der Waals surface area contributed by atoms with Crippen LogP contribution >= 0.6 is 11.6 Å². The summed E-state index contributed by atoms with van der Waals surface area (Å²) in [5, 5.41) is 14.8.